The first-order valence-electron chi connectivity index (χ1n) is 14.2. The number of nitro groups is 1. The molecular formula is C29H38N8O9. The topological polar surface area (TPSA) is 262 Å². The van der Waals surface area contributed by atoms with Crippen LogP contribution in [0.2, 0.25) is 0 Å². The van der Waals surface area contributed by atoms with E-state index >= 15 is 0 Å². The van der Waals surface area contributed by atoms with Gasteiger partial charge < -0.3 is 42.2 Å². The maximum Gasteiger partial charge on any atom is 0.407 e. The van der Waals surface area contributed by atoms with Crippen molar-refractivity contribution in [1.82, 2.24) is 15.5 Å². The molecule has 1 heterocycles. The van der Waals surface area contributed by atoms with E-state index in [0.717, 1.165) is 12.5 Å². The number of aliphatic imine (C=N–C) groups is 1. The maximum atomic E-state index is 13.2. The molecule has 0 saturated carbocycles. The summed E-state index contributed by atoms with van der Waals surface area (Å²) >= 11 is 0. The molecule has 0 aliphatic carbocycles. The Balaban J connectivity index is 0.00000173. The van der Waals surface area contributed by atoms with E-state index in [1.54, 1.807) is 12.1 Å². The molecule has 1 aliphatic heterocycles. The summed E-state index contributed by atoms with van der Waals surface area (Å²) in [5.74, 6) is -2.49. The molecule has 2 aromatic rings. The van der Waals surface area contributed by atoms with Gasteiger partial charge in [0, 0.05) is 37.8 Å². The standard InChI is InChI=1S/C27H34N8O7.C2H4O2/c28-26(29)30-14-4-8-21(24(37)32-19-10-12-20(13-11-19)35(40)41)33-25(38)22-9-5-15-34(22)23(36)16-31-27(39)42-17-18-6-2-1-3-7-18;1-2(3)4/h1-3,6-7,10-13,21-22H,4-5,8-9,14-17H2,(H,31,39)(H,32,37)(H,33,38)(H4,28,29,30);1H3,(H,3,4). The molecule has 2 unspecified atom stereocenters. The SMILES string of the molecule is CC(=O)O.NC(N)=NCCCC(NC(=O)C1CCCN1C(=O)CNC(=O)OCc1ccccc1)C(=O)Nc1ccc([N+](=O)[O-])cc1. The first-order chi connectivity index (χ1) is 21.9. The van der Waals surface area contributed by atoms with Gasteiger partial charge in [-0.25, -0.2) is 4.79 Å². The Morgan fingerprint density at radius 3 is 2.37 bits per heavy atom. The lowest BCUT2D eigenvalue weighted by atomic mass is 10.1. The van der Waals surface area contributed by atoms with Crippen LogP contribution in [0.5, 0.6) is 0 Å². The van der Waals surface area contributed by atoms with Gasteiger partial charge in [0.05, 0.1) is 4.92 Å². The molecule has 1 saturated heterocycles. The van der Waals surface area contributed by atoms with Crippen LogP contribution in [0.1, 0.15) is 38.2 Å². The molecule has 4 amide bonds. The Morgan fingerprint density at radius 1 is 1.11 bits per heavy atom. The highest BCUT2D eigenvalue weighted by Gasteiger charge is 2.35. The number of carboxylic acid groups (broad SMARTS) is 1. The van der Waals surface area contributed by atoms with Crippen molar-refractivity contribution in [3.8, 4) is 0 Å². The van der Waals surface area contributed by atoms with Gasteiger partial charge in [-0.15, -0.1) is 0 Å². The normalized spacial score (nSPS) is 14.0. The third-order valence-corrected chi connectivity index (χ3v) is 6.40. The number of benzene rings is 2. The summed E-state index contributed by atoms with van der Waals surface area (Å²) in [5.41, 5.74) is 11.7. The number of alkyl carbamates (subject to hydrolysis) is 1. The van der Waals surface area contributed by atoms with Gasteiger partial charge in [0.15, 0.2) is 5.96 Å². The summed E-state index contributed by atoms with van der Waals surface area (Å²) in [5, 5.41) is 26.1. The molecule has 2 atom stereocenters. The fourth-order valence-electron chi connectivity index (χ4n) is 4.30. The number of amides is 4. The number of likely N-dealkylation sites (tertiary alicyclic amines) is 1. The van der Waals surface area contributed by atoms with Crippen molar-refractivity contribution in [1.29, 1.82) is 0 Å². The lowest BCUT2D eigenvalue weighted by molar-refractivity contribution is -0.384. The minimum atomic E-state index is -1.01. The maximum absolute atomic E-state index is 13.2. The number of nitrogens with one attached hydrogen (secondary N) is 3. The number of hydrogen-bond donors (Lipinski definition) is 6. The van der Waals surface area contributed by atoms with Crippen LogP contribution in [-0.2, 0) is 30.5 Å². The molecule has 0 aromatic heterocycles. The predicted octanol–water partition coefficient (Wildman–Crippen LogP) is 1.08. The van der Waals surface area contributed by atoms with Crippen molar-refractivity contribution in [3.05, 3.63) is 70.3 Å². The molecule has 0 spiro atoms. The molecule has 0 radical (unpaired) electrons. The molecule has 1 fully saturated rings. The van der Waals surface area contributed by atoms with Crippen LogP contribution >= 0.6 is 0 Å². The van der Waals surface area contributed by atoms with Crippen molar-refractivity contribution in [2.24, 2.45) is 16.5 Å². The predicted molar refractivity (Wildman–Crippen MR) is 166 cm³/mol. The van der Waals surface area contributed by atoms with Crippen LogP contribution in [0.25, 0.3) is 0 Å². The van der Waals surface area contributed by atoms with E-state index in [9.17, 15) is 29.3 Å². The van der Waals surface area contributed by atoms with Crippen molar-refractivity contribution in [2.75, 3.05) is 25.0 Å². The average molecular weight is 643 g/mol. The summed E-state index contributed by atoms with van der Waals surface area (Å²) < 4.78 is 5.12. The van der Waals surface area contributed by atoms with E-state index in [4.69, 9.17) is 26.1 Å². The summed E-state index contributed by atoms with van der Waals surface area (Å²) in [6.07, 6.45) is 0.708. The van der Waals surface area contributed by atoms with Crippen LogP contribution < -0.4 is 27.4 Å². The molecule has 2 aromatic carbocycles. The fraction of sp³-hybridized carbons (Fsp3) is 0.379. The molecule has 8 N–H and O–H groups in total. The Bertz CT molecular complexity index is 1380. The number of anilines is 1. The van der Waals surface area contributed by atoms with E-state index in [1.807, 2.05) is 18.2 Å². The Hall–Kier alpha value is -5.74. The number of ether oxygens (including phenoxy) is 1. The quantitative estimate of drug-likeness (QED) is 0.0592. The van der Waals surface area contributed by atoms with Crippen LogP contribution in [0.15, 0.2) is 59.6 Å². The minimum absolute atomic E-state index is 0.0438. The Kier molecular flexibility index (Phi) is 14.9. The number of aliphatic carboxylic acids is 1. The second kappa shape index (κ2) is 18.8. The molecular weight excluding hydrogens is 604 g/mol. The van der Waals surface area contributed by atoms with Crippen molar-refractivity contribution in [3.63, 3.8) is 0 Å². The second-order valence-corrected chi connectivity index (χ2v) is 9.98. The van der Waals surface area contributed by atoms with Crippen LogP contribution in [0.4, 0.5) is 16.2 Å². The number of nitrogens with zero attached hydrogens (tertiary/aromatic N) is 3. The first-order valence-corrected chi connectivity index (χ1v) is 14.2. The monoisotopic (exact) mass is 642 g/mol. The summed E-state index contributed by atoms with van der Waals surface area (Å²) in [7, 11) is 0. The molecule has 17 nitrogen and oxygen atoms in total. The fourth-order valence-corrected chi connectivity index (χ4v) is 4.30. The van der Waals surface area contributed by atoms with E-state index in [0.29, 0.717) is 31.5 Å². The smallest absolute Gasteiger partial charge is 0.407 e. The van der Waals surface area contributed by atoms with Crippen LogP contribution in [-0.4, -0.2) is 82.4 Å². The highest BCUT2D eigenvalue weighted by molar-refractivity contribution is 5.98. The van der Waals surface area contributed by atoms with Crippen LogP contribution in [0, 0.1) is 10.1 Å². The number of carbonyl (C=O) groups is 5. The lowest BCUT2D eigenvalue weighted by Crippen LogP contribution is -2.53. The number of carboxylic acids is 1. The van der Waals surface area contributed by atoms with Crippen molar-refractivity contribution < 1.29 is 38.7 Å². The Labute approximate surface area is 264 Å². The lowest BCUT2D eigenvalue weighted by Gasteiger charge is -2.26. The highest BCUT2D eigenvalue weighted by atomic mass is 16.6. The largest absolute Gasteiger partial charge is 0.481 e. The van der Waals surface area contributed by atoms with Gasteiger partial charge in [0.1, 0.15) is 25.2 Å². The molecule has 248 valence electrons. The summed E-state index contributed by atoms with van der Waals surface area (Å²) in [4.78, 5) is 75.8. The highest BCUT2D eigenvalue weighted by Crippen LogP contribution is 2.19. The van der Waals surface area contributed by atoms with Gasteiger partial charge in [-0.2, -0.15) is 0 Å². The molecule has 46 heavy (non-hydrogen) atoms. The third kappa shape index (κ3) is 13.3. The van der Waals surface area contributed by atoms with E-state index < -0.39 is 46.8 Å². The average Bonchev–Trinajstić information content (AvgIpc) is 3.51. The van der Waals surface area contributed by atoms with E-state index in [-0.39, 0.29) is 37.8 Å². The van der Waals surface area contributed by atoms with Crippen molar-refractivity contribution >= 4 is 47.1 Å². The minimum Gasteiger partial charge on any atom is -0.481 e. The number of rotatable bonds is 13. The Morgan fingerprint density at radius 2 is 1.76 bits per heavy atom. The second-order valence-electron chi connectivity index (χ2n) is 9.98. The van der Waals surface area contributed by atoms with Crippen LogP contribution in [0.3, 0.4) is 0 Å². The zero-order valence-corrected chi connectivity index (χ0v) is 25.2. The molecule has 17 heteroatoms. The van der Waals surface area contributed by atoms with E-state index in [1.165, 1.54) is 29.2 Å². The number of non-ortho nitro benzene ring substituents is 1. The van der Waals surface area contributed by atoms with Crippen molar-refractivity contribution in [2.45, 2.75) is 51.3 Å². The summed E-state index contributed by atoms with van der Waals surface area (Å²) in [6, 6.07) is 12.5. The summed E-state index contributed by atoms with van der Waals surface area (Å²) in [6.45, 7) is 1.30. The van der Waals surface area contributed by atoms with Gasteiger partial charge in [-0.05, 0) is 43.4 Å². The zero-order chi connectivity index (χ0) is 34.1. The number of carbonyl (C=O) groups excluding carboxylic acids is 4. The number of guanidine groups is 1. The first kappa shape index (κ1) is 36.5. The molecule has 1 aliphatic rings. The third-order valence-electron chi connectivity index (χ3n) is 6.40. The van der Waals surface area contributed by atoms with Gasteiger partial charge in [0.2, 0.25) is 17.7 Å². The van der Waals surface area contributed by atoms with Gasteiger partial charge in [-0.3, -0.25) is 34.3 Å². The molecule has 3 rings (SSSR count). The van der Waals surface area contributed by atoms with Gasteiger partial charge in [0.25, 0.3) is 11.7 Å². The number of nitrogens with two attached hydrogens (primary N) is 2. The van der Waals surface area contributed by atoms with Gasteiger partial charge in [-0.1, -0.05) is 30.3 Å². The zero-order valence-electron chi connectivity index (χ0n) is 25.2. The number of hydrogen-bond acceptors (Lipinski definition) is 9. The number of nitro benzene ring substituents is 1. The van der Waals surface area contributed by atoms with Gasteiger partial charge >= 0.3 is 6.09 Å². The molecule has 0 bridgehead atoms. The van der Waals surface area contributed by atoms with E-state index in [2.05, 4.69) is 20.9 Å².